The molecule has 6 nitrogen and oxygen atoms in total. The lowest BCUT2D eigenvalue weighted by Crippen LogP contribution is -2.15. The second kappa shape index (κ2) is 6.53. The summed E-state index contributed by atoms with van der Waals surface area (Å²) in [4.78, 5) is 24.0. The summed E-state index contributed by atoms with van der Waals surface area (Å²) in [6, 6.07) is 6.92. The number of carbonyl (C=O) groups excluding carboxylic acids is 2. The summed E-state index contributed by atoms with van der Waals surface area (Å²) in [6.45, 7) is 3.52. The van der Waals surface area contributed by atoms with Gasteiger partial charge < -0.3 is 9.26 Å². The number of nitrogens with zero attached hydrogens (tertiary/aromatic N) is 1. The van der Waals surface area contributed by atoms with Gasteiger partial charge in [0, 0.05) is 4.47 Å². The molecular weight excluding hydrogens is 340 g/mol. The van der Waals surface area contributed by atoms with E-state index in [1.807, 2.05) is 0 Å². The van der Waals surface area contributed by atoms with Crippen LogP contribution in [0.5, 0.6) is 0 Å². The number of hydrogen-bond acceptors (Lipinski definition) is 5. The van der Waals surface area contributed by atoms with Gasteiger partial charge in [-0.05, 0) is 41.9 Å². The number of aromatic nitrogens is 1. The highest BCUT2D eigenvalue weighted by Gasteiger charge is 2.24. The first-order chi connectivity index (χ1) is 10.0. The molecule has 0 radical (unpaired) electrons. The van der Waals surface area contributed by atoms with E-state index in [0.717, 1.165) is 0 Å². The highest BCUT2D eigenvalue weighted by molar-refractivity contribution is 9.10. The lowest BCUT2D eigenvalue weighted by Gasteiger charge is -2.05. The van der Waals surface area contributed by atoms with E-state index in [0.29, 0.717) is 15.7 Å². The van der Waals surface area contributed by atoms with Crippen LogP contribution in [0.1, 0.15) is 33.3 Å². The molecule has 0 saturated carbocycles. The van der Waals surface area contributed by atoms with Gasteiger partial charge in [0.05, 0.1) is 17.9 Å². The van der Waals surface area contributed by atoms with Gasteiger partial charge in [-0.1, -0.05) is 17.3 Å². The Hall–Kier alpha value is -2.15. The fourth-order valence-corrected chi connectivity index (χ4v) is 2.18. The molecule has 110 valence electrons. The number of anilines is 1. The maximum absolute atomic E-state index is 12.2. The van der Waals surface area contributed by atoms with Crippen molar-refractivity contribution in [1.29, 1.82) is 0 Å². The third-order valence-electron chi connectivity index (χ3n) is 2.69. The maximum atomic E-state index is 12.2. The van der Waals surface area contributed by atoms with Crippen LogP contribution in [0, 0.1) is 6.92 Å². The third-order valence-corrected chi connectivity index (χ3v) is 3.38. The molecule has 2 aromatic rings. The van der Waals surface area contributed by atoms with Crippen LogP contribution in [0.15, 0.2) is 33.3 Å². The first-order valence-corrected chi connectivity index (χ1v) is 7.03. The molecule has 0 fully saturated rings. The summed E-state index contributed by atoms with van der Waals surface area (Å²) >= 11 is 3.29. The average molecular weight is 353 g/mol. The minimum atomic E-state index is -0.585. The Labute approximate surface area is 129 Å². The second-order valence-corrected chi connectivity index (χ2v) is 4.98. The largest absolute Gasteiger partial charge is 0.462 e. The van der Waals surface area contributed by atoms with Crippen molar-refractivity contribution >= 4 is 33.7 Å². The summed E-state index contributed by atoms with van der Waals surface area (Å²) in [7, 11) is 0. The summed E-state index contributed by atoms with van der Waals surface area (Å²) < 4.78 is 10.6. The first-order valence-electron chi connectivity index (χ1n) is 6.23. The molecule has 1 amide bonds. The number of aryl methyl sites for hydroxylation is 1. The SMILES string of the molecule is CCOC(=O)c1c(C)noc1NC(=O)c1ccccc1Br. The number of ether oxygens (including phenoxy) is 1. The Morgan fingerprint density at radius 1 is 1.38 bits per heavy atom. The predicted molar refractivity (Wildman–Crippen MR) is 79.3 cm³/mol. The van der Waals surface area contributed by atoms with Crippen molar-refractivity contribution in [1.82, 2.24) is 5.16 Å². The molecule has 7 heteroatoms. The van der Waals surface area contributed by atoms with Gasteiger partial charge in [-0.3, -0.25) is 10.1 Å². The van der Waals surface area contributed by atoms with Gasteiger partial charge in [0.15, 0.2) is 0 Å². The van der Waals surface area contributed by atoms with Crippen molar-refractivity contribution in [3.63, 3.8) is 0 Å². The number of benzene rings is 1. The standard InChI is InChI=1S/C14H13BrN2O4/c1-3-20-14(19)11-8(2)17-21-13(11)16-12(18)9-6-4-5-7-10(9)15/h4-7H,3H2,1-2H3,(H,16,18). The Kier molecular flexibility index (Phi) is 4.74. The van der Waals surface area contributed by atoms with Crippen molar-refractivity contribution in [2.45, 2.75) is 13.8 Å². The van der Waals surface area contributed by atoms with Crippen molar-refractivity contribution in [3.8, 4) is 0 Å². The third kappa shape index (κ3) is 3.30. The average Bonchev–Trinajstić information content (AvgIpc) is 2.80. The Balaban J connectivity index is 2.27. The number of nitrogens with one attached hydrogen (secondary N) is 1. The van der Waals surface area contributed by atoms with Crippen LogP contribution < -0.4 is 5.32 Å². The molecule has 0 aliphatic rings. The number of amides is 1. The maximum Gasteiger partial charge on any atom is 0.345 e. The van der Waals surface area contributed by atoms with Crippen LogP contribution in [0.4, 0.5) is 5.88 Å². The molecule has 0 bridgehead atoms. The summed E-state index contributed by atoms with van der Waals surface area (Å²) in [5, 5.41) is 6.22. The van der Waals surface area contributed by atoms with Crippen LogP contribution in [-0.2, 0) is 4.74 Å². The van der Waals surface area contributed by atoms with E-state index in [4.69, 9.17) is 9.26 Å². The van der Waals surface area contributed by atoms with Gasteiger partial charge in [0.25, 0.3) is 5.91 Å². The van der Waals surface area contributed by atoms with Gasteiger partial charge in [-0.15, -0.1) is 0 Å². The van der Waals surface area contributed by atoms with Crippen LogP contribution in [0.3, 0.4) is 0 Å². The van der Waals surface area contributed by atoms with Crippen molar-refractivity contribution in [3.05, 3.63) is 45.6 Å². The van der Waals surface area contributed by atoms with E-state index in [1.54, 1.807) is 38.1 Å². The zero-order valence-corrected chi connectivity index (χ0v) is 13.1. The molecule has 2 rings (SSSR count). The van der Waals surface area contributed by atoms with E-state index < -0.39 is 11.9 Å². The second-order valence-electron chi connectivity index (χ2n) is 4.13. The highest BCUT2D eigenvalue weighted by Crippen LogP contribution is 2.23. The lowest BCUT2D eigenvalue weighted by molar-refractivity contribution is 0.0526. The summed E-state index contributed by atoms with van der Waals surface area (Å²) in [6.07, 6.45) is 0. The molecule has 0 unspecified atom stereocenters. The van der Waals surface area contributed by atoms with Crippen molar-refractivity contribution in [2.75, 3.05) is 11.9 Å². The number of rotatable bonds is 4. The van der Waals surface area contributed by atoms with Crippen LogP contribution in [0.25, 0.3) is 0 Å². The van der Waals surface area contributed by atoms with E-state index >= 15 is 0 Å². The number of halogens is 1. The van der Waals surface area contributed by atoms with Gasteiger partial charge in [-0.2, -0.15) is 0 Å². The molecule has 0 aliphatic carbocycles. The number of hydrogen-bond donors (Lipinski definition) is 1. The van der Waals surface area contributed by atoms with Crippen molar-refractivity contribution < 1.29 is 18.8 Å². The molecule has 1 aromatic carbocycles. The van der Waals surface area contributed by atoms with Crippen molar-refractivity contribution in [2.24, 2.45) is 0 Å². The number of esters is 1. The Bertz CT molecular complexity index is 681. The molecule has 1 heterocycles. The van der Waals surface area contributed by atoms with E-state index in [1.165, 1.54) is 0 Å². The minimum absolute atomic E-state index is 0.0216. The zero-order chi connectivity index (χ0) is 15.4. The summed E-state index contributed by atoms with van der Waals surface area (Å²) in [5.41, 5.74) is 0.898. The van der Waals surface area contributed by atoms with E-state index in [9.17, 15) is 9.59 Å². The number of carbonyl (C=O) groups is 2. The lowest BCUT2D eigenvalue weighted by atomic mass is 10.2. The van der Waals surface area contributed by atoms with Crippen LogP contribution in [0.2, 0.25) is 0 Å². The van der Waals surface area contributed by atoms with Gasteiger partial charge in [0.1, 0.15) is 5.56 Å². The van der Waals surface area contributed by atoms with E-state index in [2.05, 4.69) is 26.4 Å². The Morgan fingerprint density at radius 2 is 2.10 bits per heavy atom. The monoisotopic (exact) mass is 352 g/mol. The summed E-state index contributed by atoms with van der Waals surface area (Å²) in [5.74, 6) is -1.02. The fourth-order valence-electron chi connectivity index (χ4n) is 1.71. The molecule has 1 N–H and O–H groups in total. The smallest absolute Gasteiger partial charge is 0.345 e. The topological polar surface area (TPSA) is 81.4 Å². The minimum Gasteiger partial charge on any atom is -0.462 e. The quantitative estimate of drug-likeness (QED) is 0.854. The Morgan fingerprint density at radius 3 is 2.76 bits per heavy atom. The van der Waals surface area contributed by atoms with E-state index in [-0.39, 0.29) is 18.1 Å². The molecule has 0 spiro atoms. The molecule has 1 aromatic heterocycles. The fraction of sp³-hybridized carbons (Fsp3) is 0.214. The van der Waals surface area contributed by atoms with Gasteiger partial charge in [-0.25, -0.2) is 4.79 Å². The first kappa shape index (κ1) is 15.2. The molecule has 0 aliphatic heterocycles. The molecule has 21 heavy (non-hydrogen) atoms. The van der Waals surface area contributed by atoms with Gasteiger partial charge >= 0.3 is 5.97 Å². The van der Waals surface area contributed by atoms with Gasteiger partial charge in [0.2, 0.25) is 5.88 Å². The molecule has 0 atom stereocenters. The highest BCUT2D eigenvalue weighted by atomic mass is 79.9. The normalized spacial score (nSPS) is 10.2. The molecular formula is C14H13BrN2O4. The van der Waals surface area contributed by atoms with Crippen LogP contribution >= 0.6 is 15.9 Å². The van der Waals surface area contributed by atoms with Crippen LogP contribution in [-0.4, -0.2) is 23.6 Å². The molecule has 0 saturated heterocycles. The predicted octanol–water partition coefficient (Wildman–Crippen LogP) is 3.17. The zero-order valence-electron chi connectivity index (χ0n) is 11.5.